The topological polar surface area (TPSA) is 97.6 Å². The van der Waals surface area contributed by atoms with Crippen LogP contribution < -0.4 is 0 Å². The normalized spacial score (nSPS) is 19.7. The molecule has 130 valence electrons. The molecule has 0 aliphatic carbocycles. The number of sulfonamides is 1. The van der Waals surface area contributed by atoms with Gasteiger partial charge in [-0.1, -0.05) is 23.4 Å². The molecule has 2 aromatic rings. The Kier molecular flexibility index (Phi) is 4.27. The second-order valence-corrected chi connectivity index (χ2v) is 9.89. The zero-order valence-corrected chi connectivity index (χ0v) is 15.0. The van der Waals surface area contributed by atoms with E-state index < -0.39 is 25.1 Å². The van der Waals surface area contributed by atoms with Gasteiger partial charge in [-0.3, -0.25) is 0 Å². The zero-order chi connectivity index (χ0) is 17.5. The van der Waals surface area contributed by atoms with E-state index in [4.69, 9.17) is 4.52 Å². The van der Waals surface area contributed by atoms with Crippen molar-refractivity contribution in [2.45, 2.75) is 35.3 Å². The van der Waals surface area contributed by atoms with Crippen molar-refractivity contribution in [3.8, 4) is 0 Å². The first-order valence-corrected chi connectivity index (χ1v) is 10.4. The van der Waals surface area contributed by atoms with Crippen LogP contribution in [0.5, 0.6) is 0 Å². The van der Waals surface area contributed by atoms with Crippen molar-refractivity contribution in [3.05, 3.63) is 41.8 Å². The maximum atomic E-state index is 12.8. The van der Waals surface area contributed by atoms with Gasteiger partial charge in [-0.15, -0.1) is 0 Å². The van der Waals surface area contributed by atoms with Gasteiger partial charge >= 0.3 is 0 Å². The number of aromatic nitrogens is 1. The lowest BCUT2D eigenvalue weighted by Crippen LogP contribution is -2.32. The van der Waals surface area contributed by atoms with Crippen LogP contribution in [-0.4, -0.2) is 44.6 Å². The van der Waals surface area contributed by atoms with Crippen LogP contribution in [0.3, 0.4) is 0 Å². The Bertz CT molecular complexity index is 930. The molecule has 1 fully saturated rings. The summed E-state index contributed by atoms with van der Waals surface area (Å²) in [5, 5.41) is 2.92. The summed E-state index contributed by atoms with van der Waals surface area (Å²) in [6.45, 7) is 3.17. The Hall–Kier alpha value is -1.71. The van der Waals surface area contributed by atoms with Crippen LogP contribution in [0.15, 0.2) is 44.6 Å². The van der Waals surface area contributed by atoms with Crippen molar-refractivity contribution in [2.24, 2.45) is 0 Å². The molecule has 0 amide bonds. The van der Waals surface area contributed by atoms with E-state index in [1.54, 1.807) is 25.1 Å². The lowest BCUT2D eigenvalue weighted by atomic mass is 10.4. The average Bonchev–Trinajstić information content (AvgIpc) is 3.16. The number of benzene rings is 1. The molecule has 1 saturated heterocycles. The molecule has 0 spiro atoms. The number of nitrogens with zero attached hydrogens (tertiary/aromatic N) is 2. The maximum Gasteiger partial charge on any atom is 0.248 e. The van der Waals surface area contributed by atoms with E-state index >= 15 is 0 Å². The van der Waals surface area contributed by atoms with Gasteiger partial charge in [-0.05, 0) is 32.4 Å². The average molecular weight is 370 g/mol. The van der Waals surface area contributed by atoms with Crippen molar-refractivity contribution in [3.63, 3.8) is 0 Å². The first-order chi connectivity index (χ1) is 11.2. The highest BCUT2D eigenvalue weighted by molar-refractivity contribution is 7.92. The van der Waals surface area contributed by atoms with E-state index in [1.807, 2.05) is 0 Å². The molecule has 0 bridgehead atoms. The second-order valence-electron chi connectivity index (χ2n) is 5.79. The van der Waals surface area contributed by atoms with Gasteiger partial charge < -0.3 is 4.52 Å². The minimum absolute atomic E-state index is 0.0280. The highest BCUT2D eigenvalue weighted by atomic mass is 32.2. The molecule has 0 radical (unpaired) electrons. The van der Waals surface area contributed by atoms with Crippen molar-refractivity contribution in [2.75, 3.05) is 13.1 Å². The van der Waals surface area contributed by atoms with E-state index in [0.717, 1.165) is 0 Å². The second kappa shape index (κ2) is 5.98. The third kappa shape index (κ3) is 2.76. The van der Waals surface area contributed by atoms with Crippen LogP contribution in [0, 0.1) is 13.8 Å². The molecule has 1 aliphatic rings. The number of sulfone groups is 1. The molecule has 1 aromatic heterocycles. The SMILES string of the molecule is Cc1noc(C)c1S(=O)(=O)N1CC[C@H](S(=O)(=O)c2ccccc2)C1. The summed E-state index contributed by atoms with van der Waals surface area (Å²) >= 11 is 0. The molecule has 3 rings (SSSR count). The molecule has 2 heterocycles. The number of aryl methyl sites for hydroxylation is 2. The molecule has 0 unspecified atom stereocenters. The Labute approximate surface area is 141 Å². The van der Waals surface area contributed by atoms with E-state index in [0.29, 0.717) is 0 Å². The van der Waals surface area contributed by atoms with Gasteiger partial charge in [-0.2, -0.15) is 4.31 Å². The van der Waals surface area contributed by atoms with Gasteiger partial charge in [0.05, 0.1) is 10.1 Å². The Morgan fingerprint density at radius 1 is 1.12 bits per heavy atom. The standard InChI is InChI=1S/C15H18N2O5S2/c1-11-15(12(2)22-16-11)24(20,21)17-9-8-14(10-17)23(18,19)13-6-4-3-5-7-13/h3-7,14H,8-10H2,1-2H3/t14-/m0/s1. The molecule has 1 atom stereocenters. The van der Waals surface area contributed by atoms with Crippen LogP contribution in [0.25, 0.3) is 0 Å². The first-order valence-electron chi connectivity index (χ1n) is 7.46. The summed E-state index contributed by atoms with van der Waals surface area (Å²) in [6.07, 6.45) is 0.264. The summed E-state index contributed by atoms with van der Waals surface area (Å²) in [5.41, 5.74) is 0.280. The molecule has 1 aromatic carbocycles. The largest absolute Gasteiger partial charge is 0.360 e. The highest BCUT2D eigenvalue weighted by Crippen LogP contribution is 2.30. The molecular weight excluding hydrogens is 352 g/mol. The summed E-state index contributed by atoms with van der Waals surface area (Å²) in [5.74, 6) is 0.210. The zero-order valence-electron chi connectivity index (χ0n) is 13.3. The molecule has 0 N–H and O–H groups in total. The quantitative estimate of drug-likeness (QED) is 0.809. The third-order valence-electron chi connectivity index (χ3n) is 4.18. The smallest absolute Gasteiger partial charge is 0.248 e. The molecular formula is C15H18N2O5S2. The van der Waals surface area contributed by atoms with E-state index in [2.05, 4.69) is 5.16 Å². The minimum Gasteiger partial charge on any atom is -0.360 e. The van der Waals surface area contributed by atoms with Crippen LogP contribution in [-0.2, 0) is 19.9 Å². The monoisotopic (exact) mass is 370 g/mol. The Morgan fingerprint density at radius 2 is 1.79 bits per heavy atom. The van der Waals surface area contributed by atoms with Gasteiger partial charge in [0.25, 0.3) is 0 Å². The van der Waals surface area contributed by atoms with Crippen LogP contribution in [0.4, 0.5) is 0 Å². The molecule has 1 aliphatic heterocycles. The fourth-order valence-corrected chi connectivity index (χ4v) is 6.54. The fraction of sp³-hybridized carbons (Fsp3) is 0.400. The summed E-state index contributed by atoms with van der Waals surface area (Å²) in [4.78, 5) is 0.242. The first kappa shape index (κ1) is 17.1. The Balaban J connectivity index is 1.89. The van der Waals surface area contributed by atoms with Gasteiger partial charge in [0.2, 0.25) is 10.0 Å². The molecule has 24 heavy (non-hydrogen) atoms. The Morgan fingerprint density at radius 3 is 2.38 bits per heavy atom. The van der Waals surface area contributed by atoms with Crippen LogP contribution >= 0.6 is 0 Å². The summed E-state index contributed by atoms with van der Waals surface area (Å²) in [6, 6.07) is 8.10. The summed E-state index contributed by atoms with van der Waals surface area (Å²) in [7, 11) is -7.39. The predicted octanol–water partition coefficient (Wildman–Crippen LogP) is 1.53. The van der Waals surface area contributed by atoms with Crippen molar-refractivity contribution < 1.29 is 21.4 Å². The van der Waals surface area contributed by atoms with E-state index in [9.17, 15) is 16.8 Å². The van der Waals surface area contributed by atoms with Crippen LogP contribution in [0.2, 0.25) is 0 Å². The minimum atomic E-state index is -3.82. The van der Waals surface area contributed by atoms with Gasteiger partial charge in [0.15, 0.2) is 15.6 Å². The van der Waals surface area contributed by atoms with Crippen molar-refractivity contribution in [1.82, 2.24) is 9.46 Å². The summed E-state index contributed by atoms with van der Waals surface area (Å²) < 4.78 is 57.0. The lowest BCUT2D eigenvalue weighted by Gasteiger charge is -2.16. The van der Waals surface area contributed by atoms with Crippen LogP contribution in [0.1, 0.15) is 17.9 Å². The van der Waals surface area contributed by atoms with Gasteiger partial charge in [0, 0.05) is 13.1 Å². The fourth-order valence-electron chi connectivity index (χ4n) is 2.94. The van der Waals surface area contributed by atoms with E-state index in [-0.39, 0.29) is 40.8 Å². The van der Waals surface area contributed by atoms with Gasteiger partial charge in [0.1, 0.15) is 10.6 Å². The van der Waals surface area contributed by atoms with Gasteiger partial charge in [-0.25, -0.2) is 16.8 Å². The van der Waals surface area contributed by atoms with Crippen molar-refractivity contribution >= 4 is 19.9 Å². The molecule has 9 heteroatoms. The maximum absolute atomic E-state index is 12.8. The highest BCUT2D eigenvalue weighted by Gasteiger charge is 2.41. The third-order valence-corrected chi connectivity index (χ3v) is 8.49. The number of hydrogen-bond donors (Lipinski definition) is 0. The number of hydrogen-bond acceptors (Lipinski definition) is 6. The molecule has 0 saturated carbocycles. The van der Waals surface area contributed by atoms with Crippen molar-refractivity contribution in [1.29, 1.82) is 0 Å². The predicted molar refractivity (Wildman–Crippen MR) is 86.8 cm³/mol. The lowest BCUT2D eigenvalue weighted by molar-refractivity contribution is 0.390. The van der Waals surface area contributed by atoms with E-state index in [1.165, 1.54) is 23.4 Å². The molecule has 7 nitrogen and oxygen atoms in total. The number of rotatable bonds is 4.